The summed E-state index contributed by atoms with van der Waals surface area (Å²) < 4.78 is 96.5. The summed E-state index contributed by atoms with van der Waals surface area (Å²) in [4.78, 5) is 2.36. The highest BCUT2D eigenvalue weighted by molar-refractivity contribution is 7.97. The second-order valence-corrected chi connectivity index (χ2v) is 11.0. The fraction of sp³-hybridized carbons (Fsp3) is 0.250. The molecule has 3 rings (SSSR count). The molecule has 0 spiro atoms. The highest BCUT2D eigenvalue weighted by atomic mass is 32.2. The van der Waals surface area contributed by atoms with Gasteiger partial charge in [-0.3, -0.25) is 0 Å². The van der Waals surface area contributed by atoms with Gasteiger partial charge in [0.2, 0.25) is 0 Å². The van der Waals surface area contributed by atoms with Crippen LogP contribution < -0.4 is 9.47 Å². The first kappa shape index (κ1) is 27.8. The van der Waals surface area contributed by atoms with Crippen molar-refractivity contribution in [2.45, 2.75) is 38.9 Å². The Morgan fingerprint density at radius 1 is 0.889 bits per heavy atom. The van der Waals surface area contributed by atoms with E-state index >= 15 is 0 Å². The van der Waals surface area contributed by atoms with Gasteiger partial charge in [-0.25, -0.2) is 8.42 Å². The van der Waals surface area contributed by atoms with Gasteiger partial charge in [-0.15, -0.1) is 0 Å². The fourth-order valence-corrected chi connectivity index (χ4v) is 5.89. The second kappa shape index (κ2) is 11.1. The number of halogens is 4. The first-order valence-electron chi connectivity index (χ1n) is 10.4. The molecule has 0 saturated heterocycles. The number of benzene rings is 3. The van der Waals surface area contributed by atoms with Crippen LogP contribution in [0.1, 0.15) is 12.0 Å². The average Bonchev–Trinajstić information content (AvgIpc) is 2.84. The molecule has 36 heavy (non-hydrogen) atoms. The normalized spacial score (nSPS) is 13.3. The first-order chi connectivity index (χ1) is 16.9. The van der Waals surface area contributed by atoms with Crippen molar-refractivity contribution >= 4 is 21.0 Å². The minimum atomic E-state index is -6.56. The quantitative estimate of drug-likeness (QED) is 0.210. The van der Waals surface area contributed by atoms with Gasteiger partial charge >= 0.3 is 11.2 Å². The molecule has 0 saturated carbocycles. The van der Waals surface area contributed by atoms with Gasteiger partial charge in [-0.05, 0) is 42.0 Å². The Kier molecular flexibility index (Phi) is 8.55. The van der Waals surface area contributed by atoms with E-state index in [-0.39, 0.29) is 12.4 Å². The van der Waals surface area contributed by atoms with Crippen LogP contribution >= 0.6 is 0 Å². The minimum Gasteiger partial charge on any atom is -0.743 e. The number of ether oxygens (including phenoxy) is 2. The summed E-state index contributed by atoms with van der Waals surface area (Å²) >= 11 is 0. The van der Waals surface area contributed by atoms with Crippen LogP contribution in [0.3, 0.4) is 0 Å². The molecule has 0 aliphatic rings. The molecule has 194 valence electrons. The number of hydrogen-bond acceptors (Lipinski definition) is 6. The van der Waals surface area contributed by atoms with Gasteiger partial charge in [0, 0.05) is 12.1 Å². The van der Waals surface area contributed by atoms with E-state index in [9.17, 15) is 35.6 Å². The molecule has 0 aliphatic heterocycles. The third-order valence-electron chi connectivity index (χ3n) is 5.06. The van der Waals surface area contributed by atoms with Crippen LogP contribution in [0.5, 0.6) is 11.5 Å². The Balaban J connectivity index is 1.91. The van der Waals surface area contributed by atoms with Crippen LogP contribution in [0.25, 0.3) is 0 Å². The molecule has 0 heterocycles. The van der Waals surface area contributed by atoms with E-state index in [1.54, 1.807) is 42.5 Å². The van der Waals surface area contributed by atoms with Gasteiger partial charge in [0.25, 0.3) is 0 Å². The zero-order chi connectivity index (χ0) is 26.6. The Bertz CT molecular complexity index is 1250. The topological polar surface area (TPSA) is 95.9 Å². The molecule has 0 fully saturated rings. The van der Waals surface area contributed by atoms with Crippen molar-refractivity contribution in [2.75, 3.05) is 13.7 Å². The second-order valence-electron chi connectivity index (χ2n) is 7.54. The third-order valence-corrected chi connectivity index (χ3v) is 8.16. The van der Waals surface area contributed by atoms with E-state index in [2.05, 4.69) is 0 Å². The maximum absolute atomic E-state index is 13.8. The number of aliphatic hydroxyl groups excluding tert-OH is 1. The van der Waals surface area contributed by atoms with Crippen LogP contribution in [-0.4, -0.2) is 43.0 Å². The summed E-state index contributed by atoms with van der Waals surface area (Å²) in [6.45, 7) is -1.14. The van der Waals surface area contributed by atoms with Gasteiger partial charge in [0.05, 0.1) is 37.6 Å². The van der Waals surface area contributed by atoms with Crippen LogP contribution in [-0.2, 0) is 27.6 Å². The summed E-state index contributed by atoms with van der Waals surface area (Å²) in [6, 6.07) is 20.8. The van der Waals surface area contributed by atoms with Crippen molar-refractivity contribution in [1.82, 2.24) is 0 Å². The van der Waals surface area contributed by atoms with Crippen molar-refractivity contribution in [3.63, 3.8) is 0 Å². The van der Waals surface area contributed by atoms with E-state index in [1.807, 2.05) is 24.3 Å². The molecule has 6 nitrogen and oxygen atoms in total. The SMILES string of the molecule is COc1cccc([S+](c2cccc(CO)c2)c2cccc(OCCC(F)(F)C(F)(F)S(=O)(=O)[O-])c2)c1. The summed E-state index contributed by atoms with van der Waals surface area (Å²) in [5.41, 5.74) is 0.678. The molecule has 1 atom stereocenters. The van der Waals surface area contributed by atoms with Crippen LogP contribution in [0.4, 0.5) is 17.6 Å². The minimum absolute atomic E-state index is 0.0790. The van der Waals surface area contributed by atoms with Gasteiger partial charge < -0.3 is 19.1 Å². The van der Waals surface area contributed by atoms with Crippen LogP contribution in [0.15, 0.2) is 87.5 Å². The molecule has 0 radical (unpaired) electrons. The zero-order valence-corrected chi connectivity index (χ0v) is 20.5. The van der Waals surface area contributed by atoms with E-state index < -0.39 is 45.2 Å². The maximum Gasteiger partial charge on any atom is 0.396 e. The highest BCUT2D eigenvalue weighted by Crippen LogP contribution is 2.41. The van der Waals surface area contributed by atoms with Crippen molar-refractivity contribution < 1.29 is 45.1 Å². The maximum atomic E-state index is 13.8. The Morgan fingerprint density at radius 2 is 1.42 bits per heavy atom. The third kappa shape index (κ3) is 6.12. The Labute approximate surface area is 208 Å². The number of aliphatic hydroxyl groups is 1. The molecule has 0 amide bonds. The van der Waals surface area contributed by atoms with Crippen LogP contribution in [0.2, 0.25) is 0 Å². The molecule has 3 aromatic rings. The molecule has 1 unspecified atom stereocenters. The Morgan fingerprint density at radius 3 is 1.97 bits per heavy atom. The van der Waals surface area contributed by atoms with E-state index in [4.69, 9.17) is 9.47 Å². The van der Waals surface area contributed by atoms with Crippen molar-refractivity contribution in [2.24, 2.45) is 0 Å². The lowest BCUT2D eigenvalue weighted by atomic mass is 10.2. The Hall–Kier alpha value is -2.80. The molecule has 0 aromatic heterocycles. The predicted octanol–water partition coefficient (Wildman–Crippen LogP) is 4.83. The largest absolute Gasteiger partial charge is 0.743 e. The standard InChI is InChI=1S/C24H22F4O6S2/c1-33-18-6-3-9-21(14-18)35(20-8-2-5-17(13-20)16-29)22-10-4-7-19(15-22)34-12-11-23(25,26)24(27,28)36(30,31)32/h2-10,13-15,29H,11-12,16H2,1H3. The van der Waals surface area contributed by atoms with Crippen molar-refractivity contribution in [3.8, 4) is 11.5 Å². The molecular formula is C24H22F4O6S2. The summed E-state index contributed by atoms with van der Waals surface area (Å²) in [7, 11) is -5.80. The van der Waals surface area contributed by atoms with Crippen molar-refractivity contribution in [1.29, 1.82) is 0 Å². The lowest BCUT2D eigenvalue weighted by Gasteiger charge is -2.28. The first-order valence-corrected chi connectivity index (χ1v) is 13.0. The van der Waals surface area contributed by atoms with Gasteiger partial charge in [-0.2, -0.15) is 17.6 Å². The summed E-state index contributed by atoms with van der Waals surface area (Å²) in [6.07, 6.45) is -1.69. The molecule has 1 N–H and O–H groups in total. The number of methoxy groups -OCH3 is 1. The molecule has 12 heteroatoms. The van der Waals surface area contributed by atoms with E-state index in [0.717, 1.165) is 9.79 Å². The molecule has 0 aliphatic carbocycles. The van der Waals surface area contributed by atoms with E-state index in [0.29, 0.717) is 16.2 Å². The van der Waals surface area contributed by atoms with Gasteiger partial charge in [0.15, 0.2) is 24.8 Å². The van der Waals surface area contributed by atoms with Gasteiger partial charge in [0.1, 0.15) is 11.5 Å². The average molecular weight is 547 g/mol. The fourth-order valence-electron chi connectivity index (χ4n) is 3.22. The smallest absolute Gasteiger partial charge is 0.396 e. The predicted molar refractivity (Wildman–Crippen MR) is 124 cm³/mol. The van der Waals surface area contributed by atoms with Crippen LogP contribution in [0, 0.1) is 0 Å². The number of hydrogen-bond donors (Lipinski definition) is 1. The summed E-state index contributed by atoms with van der Waals surface area (Å²) in [5, 5.41) is 3.81. The van der Waals surface area contributed by atoms with E-state index in [1.165, 1.54) is 13.2 Å². The zero-order valence-electron chi connectivity index (χ0n) is 18.9. The highest BCUT2D eigenvalue weighted by Gasteiger charge is 2.61. The molecule has 0 bridgehead atoms. The number of rotatable bonds is 11. The van der Waals surface area contributed by atoms with Gasteiger partial charge in [-0.1, -0.05) is 24.3 Å². The lowest BCUT2D eigenvalue weighted by Crippen LogP contribution is -2.47. The summed E-state index contributed by atoms with van der Waals surface area (Å²) in [5.74, 6) is -4.43. The lowest BCUT2D eigenvalue weighted by molar-refractivity contribution is -0.167. The molecular weight excluding hydrogens is 524 g/mol. The molecule has 3 aromatic carbocycles. The number of alkyl halides is 4. The monoisotopic (exact) mass is 546 g/mol. The van der Waals surface area contributed by atoms with Crippen molar-refractivity contribution in [3.05, 3.63) is 78.4 Å².